The normalized spacial score (nSPS) is 11.1. The molecule has 0 bridgehead atoms. The molecule has 0 aliphatic heterocycles. The predicted molar refractivity (Wildman–Crippen MR) is 65.6 cm³/mol. The zero-order valence-electron chi connectivity index (χ0n) is 9.14. The largest absolute Gasteiger partial charge is 0.325 e. The summed E-state index contributed by atoms with van der Waals surface area (Å²) in [5.41, 5.74) is 3.75. The van der Waals surface area contributed by atoms with Crippen LogP contribution in [-0.4, -0.2) is 4.57 Å². The van der Waals surface area contributed by atoms with Crippen LogP contribution >= 0.6 is 0 Å². The molecule has 2 rings (SSSR count). The van der Waals surface area contributed by atoms with Crippen molar-refractivity contribution >= 4 is 12.3 Å². The summed E-state index contributed by atoms with van der Waals surface area (Å²) in [6.45, 7) is 4.23. The van der Waals surface area contributed by atoms with Crippen LogP contribution in [0.4, 0.5) is 0 Å². The molecule has 15 heavy (non-hydrogen) atoms. The van der Waals surface area contributed by atoms with Gasteiger partial charge in [0, 0.05) is 17.6 Å². The Kier molecular flexibility index (Phi) is 2.72. The number of aromatic nitrogens is 1. The van der Waals surface area contributed by atoms with Crippen LogP contribution < -0.4 is 0 Å². The van der Waals surface area contributed by atoms with E-state index in [1.165, 1.54) is 17.0 Å². The molecule has 0 aliphatic carbocycles. The van der Waals surface area contributed by atoms with E-state index in [1.54, 1.807) is 0 Å². The second kappa shape index (κ2) is 4.18. The quantitative estimate of drug-likeness (QED) is 0.691. The molecule has 1 heterocycles. The molecule has 0 aliphatic rings. The van der Waals surface area contributed by atoms with Crippen molar-refractivity contribution in [3.8, 4) is 0 Å². The molecule has 0 atom stereocenters. The van der Waals surface area contributed by atoms with Crippen molar-refractivity contribution in [2.24, 2.45) is 0 Å². The number of nitrogens with zero attached hydrogens (tertiary/aromatic N) is 1. The number of rotatable bonds is 2. The first-order chi connectivity index (χ1) is 7.27. The lowest BCUT2D eigenvalue weighted by Crippen LogP contribution is -1.90. The molecule has 0 N–H and O–H groups in total. The molecule has 0 amide bonds. The number of hydrogen-bond acceptors (Lipinski definition) is 0. The first-order valence-corrected chi connectivity index (χ1v) is 5.15. The molecule has 1 aromatic carbocycles. The Hall–Kier alpha value is -1.76. The zero-order chi connectivity index (χ0) is 10.7. The summed E-state index contributed by atoms with van der Waals surface area (Å²) in [5, 5.41) is 0. The van der Waals surface area contributed by atoms with Crippen molar-refractivity contribution in [1.29, 1.82) is 0 Å². The van der Waals surface area contributed by atoms with Gasteiger partial charge in [0.2, 0.25) is 0 Å². The molecule has 1 heteroatoms. The highest BCUT2D eigenvalue weighted by Crippen LogP contribution is 2.09. The summed E-state index contributed by atoms with van der Waals surface area (Å²) in [7, 11) is 0. The second-order valence-corrected chi connectivity index (χ2v) is 3.71. The standard InChI is InChI=1S/C14H15N/c1-12-8-9-13(2)15(12)11-10-14-6-4-3-5-7-14/h3-11H,1-2H3/b11-10+. The molecule has 1 nitrogen and oxygen atoms in total. The van der Waals surface area contributed by atoms with E-state index in [4.69, 9.17) is 0 Å². The van der Waals surface area contributed by atoms with Crippen molar-refractivity contribution in [1.82, 2.24) is 4.57 Å². The van der Waals surface area contributed by atoms with E-state index in [0.29, 0.717) is 0 Å². The van der Waals surface area contributed by atoms with Crippen LogP contribution in [0.2, 0.25) is 0 Å². The van der Waals surface area contributed by atoms with E-state index in [0.717, 1.165) is 0 Å². The second-order valence-electron chi connectivity index (χ2n) is 3.71. The Balaban J connectivity index is 2.26. The average Bonchev–Trinajstić information content (AvgIpc) is 2.58. The Morgan fingerprint density at radius 2 is 1.47 bits per heavy atom. The van der Waals surface area contributed by atoms with Gasteiger partial charge in [-0.2, -0.15) is 0 Å². The van der Waals surface area contributed by atoms with E-state index in [9.17, 15) is 0 Å². The van der Waals surface area contributed by atoms with E-state index in [2.05, 4.69) is 67.1 Å². The van der Waals surface area contributed by atoms with Crippen molar-refractivity contribution in [2.45, 2.75) is 13.8 Å². The molecule has 1 aromatic heterocycles. The van der Waals surface area contributed by atoms with E-state index < -0.39 is 0 Å². The molecular formula is C14H15N. The van der Waals surface area contributed by atoms with Gasteiger partial charge >= 0.3 is 0 Å². The first kappa shape index (κ1) is 9.78. The molecule has 0 spiro atoms. The van der Waals surface area contributed by atoms with Gasteiger partial charge in [0.15, 0.2) is 0 Å². The number of benzene rings is 1. The zero-order valence-corrected chi connectivity index (χ0v) is 9.14. The highest BCUT2D eigenvalue weighted by molar-refractivity contribution is 5.61. The van der Waals surface area contributed by atoms with E-state index >= 15 is 0 Å². The Labute approximate surface area is 90.7 Å². The fourth-order valence-corrected chi connectivity index (χ4v) is 1.64. The SMILES string of the molecule is Cc1ccc(C)n1/C=C/c1ccccc1. The van der Waals surface area contributed by atoms with Gasteiger partial charge in [-0.1, -0.05) is 30.3 Å². The third-order valence-electron chi connectivity index (χ3n) is 2.54. The summed E-state index contributed by atoms with van der Waals surface area (Å²) < 4.78 is 2.19. The smallest absolute Gasteiger partial charge is 0.0192 e. The topological polar surface area (TPSA) is 4.93 Å². The van der Waals surface area contributed by atoms with Gasteiger partial charge in [-0.05, 0) is 37.6 Å². The van der Waals surface area contributed by atoms with Crippen LogP contribution in [0.5, 0.6) is 0 Å². The maximum Gasteiger partial charge on any atom is 0.0192 e. The Morgan fingerprint density at radius 3 is 2.07 bits per heavy atom. The van der Waals surface area contributed by atoms with Crippen molar-refractivity contribution in [3.63, 3.8) is 0 Å². The first-order valence-electron chi connectivity index (χ1n) is 5.15. The highest BCUT2D eigenvalue weighted by Gasteiger charge is 1.95. The minimum Gasteiger partial charge on any atom is -0.325 e. The van der Waals surface area contributed by atoms with Gasteiger partial charge < -0.3 is 4.57 Å². The van der Waals surface area contributed by atoms with Gasteiger partial charge in [-0.15, -0.1) is 0 Å². The molecule has 0 radical (unpaired) electrons. The fraction of sp³-hybridized carbons (Fsp3) is 0.143. The number of aryl methyl sites for hydroxylation is 2. The van der Waals surface area contributed by atoms with Crippen LogP contribution in [0, 0.1) is 13.8 Å². The maximum atomic E-state index is 2.19. The average molecular weight is 197 g/mol. The molecule has 0 saturated carbocycles. The van der Waals surface area contributed by atoms with Crippen LogP contribution in [0.25, 0.3) is 12.3 Å². The molecule has 0 unspecified atom stereocenters. The lowest BCUT2D eigenvalue weighted by molar-refractivity contribution is 1.03. The molecule has 0 fully saturated rings. The van der Waals surface area contributed by atoms with Gasteiger partial charge in [0.25, 0.3) is 0 Å². The summed E-state index contributed by atoms with van der Waals surface area (Å²) in [4.78, 5) is 0. The van der Waals surface area contributed by atoms with Crippen molar-refractivity contribution in [3.05, 3.63) is 59.4 Å². The Morgan fingerprint density at radius 1 is 0.867 bits per heavy atom. The number of hydrogen-bond donors (Lipinski definition) is 0. The van der Waals surface area contributed by atoms with Crippen LogP contribution in [-0.2, 0) is 0 Å². The third-order valence-corrected chi connectivity index (χ3v) is 2.54. The van der Waals surface area contributed by atoms with Gasteiger partial charge in [0.1, 0.15) is 0 Å². The summed E-state index contributed by atoms with van der Waals surface area (Å²) in [5.74, 6) is 0. The molecular weight excluding hydrogens is 182 g/mol. The van der Waals surface area contributed by atoms with Crippen LogP contribution in [0.15, 0.2) is 42.5 Å². The molecule has 0 saturated heterocycles. The minimum absolute atomic E-state index is 1.23. The minimum atomic E-state index is 1.23. The van der Waals surface area contributed by atoms with E-state index in [1.807, 2.05) is 6.07 Å². The summed E-state index contributed by atoms with van der Waals surface area (Å²) in [6.07, 6.45) is 4.24. The van der Waals surface area contributed by atoms with Gasteiger partial charge in [0.05, 0.1) is 0 Å². The Bertz CT molecular complexity index is 444. The van der Waals surface area contributed by atoms with Crippen molar-refractivity contribution < 1.29 is 0 Å². The fourth-order valence-electron chi connectivity index (χ4n) is 1.64. The summed E-state index contributed by atoms with van der Waals surface area (Å²) in [6, 6.07) is 14.6. The monoisotopic (exact) mass is 197 g/mol. The van der Waals surface area contributed by atoms with Crippen LogP contribution in [0.3, 0.4) is 0 Å². The lowest BCUT2D eigenvalue weighted by Gasteiger charge is -2.01. The highest BCUT2D eigenvalue weighted by atomic mass is 15.0. The van der Waals surface area contributed by atoms with Crippen molar-refractivity contribution in [2.75, 3.05) is 0 Å². The molecule has 2 aromatic rings. The predicted octanol–water partition coefficient (Wildman–Crippen LogP) is 3.73. The maximum absolute atomic E-state index is 2.19. The third kappa shape index (κ3) is 2.18. The summed E-state index contributed by atoms with van der Waals surface area (Å²) >= 11 is 0. The molecule has 76 valence electrons. The van der Waals surface area contributed by atoms with E-state index in [-0.39, 0.29) is 0 Å². The van der Waals surface area contributed by atoms with Gasteiger partial charge in [-0.3, -0.25) is 0 Å². The van der Waals surface area contributed by atoms with Gasteiger partial charge in [-0.25, -0.2) is 0 Å². The van der Waals surface area contributed by atoms with Crippen LogP contribution in [0.1, 0.15) is 17.0 Å². The lowest BCUT2D eigenvalue weighted by atomic mass is 10.2.